The standard InChI is InChI=1S/C16H16Cl2N2O/c17-13-6-4-12(5-7-13)8-9-19-11-16(21)20-15-3-1-2-14(18)10-15/h1-7,10,19H,8-9,11H2,(H,20,21). The van der Waals surface area contributed by atoms with E-state index >= 15 is 0 Å². The molecule has 0 saturated carbocycles. The molecule has 0 aliphatic carbocycles. The SMILES string of the molecule is O=C(CNCCc1ccc(Cl)cc1)Nc1cccc(Cl)c1. The van der Waals surface area contributed by atoms with Crippen molar-refractivity contribution in [3.8, 4) is 0 Å². The van der Waals surface area contributed by atoms with Gasteiger partial charge in [0.15, 0.2) is 0 Å². The van der Waals surface area contributed by atoms with Crippen molar-refractivity contribution in [3.05, 3.63) is 64.1 Å². The van der Waals surface area contributed by atoms with Crippen LogP contribution in [-0.2, 0) is 11.2 Å². The molecule has 0 aliphatic rings. The highest BCUT2D eigenvalue weighted by Crippen LogP contribution is 2.14. The first kappa shape index (κ1) is 15.8. The molecular formula is C16H16Cl2N2O. The Labute approximate surface area is 134 Å². The van der Waals surface area contributed by atoms with Crippen LogP contribution < -0.4 is 10.6 Å². The predicted molar refractivity (Wildman–Crippen MR) is 88.1 cm³/mol. The van der Waals surface area contributed by atoms with Crippen LogP contribution in [0.5, 0.6) is 0 Å². The van der Waals surface area contributed by atoms with E-state index in [-0.39, 0.29) is 12.5 Å². The number of rotatable bonds is 6. The highest BCUT2D eigenvalue weighted by atomic mass is 35.5. The van der Waals surface area contributed by atoms with Crippen molar-refractivity contribution in [2.24, 2.45) is 0 Å². The number of nitrogens with one attached hydrogen (secondary N) is 2. The molecular weight excluding hydrogens is 307 g/mol. The summed E-state index contributed by atoms with van der Waals surface area (Å²) in [6.07, 6.45) is 0.849. The summed E-state index contributed by atoms with van der Waals surface area (Å²) < 4.78 is 0. The fourth-order valence-electron chi connectivity index (χ4n) is 1.86. The molecule has 0 bridgehead atoms. The van der Waals surface area contributed by atoms with Crippen molar-refractivity contribution in [2.45, 2.75) is 6.42 Å². The van der Waals surface area contributed by atoms with E-state index in [0.717, 1.165) is 18.0 Å². The summed E-state index contributed by atoms with van der Waals surface area (Å²) in [5.41, 5.74) is 1.88. The minimum Gasteiger partial charge on any atom is -0.325 e. The summed E-state index contributed by atoms with van der Waals surface area (Å²) in [6, 6.07) is 14.8. The van der Waals surface area contributed by atoms with E-state index in [1.54, 1.807) is 24.3 Å². The van der Waals surface area contributed by atoms with Crippen LogP contribution in [0.2, 0.25) is 10.0 Å². The van der Waals surface area contributed by atoms with E-state index < -0.39 is 0 Å². The van der Waals surface area contributed by atoms with E-state index in [0.29, 0.717) is 10.7 Å². The van der Waals surface area contributed by atoms with Crippen LogP contribution in [0.25, 0.3) is 0 Å². The van der Waals surface area contributed by atoms with E-state index in [1.807, 2.05) is 24.3 Å². The van der Waals surface area contributed by atoms with Gasteiger partial charge < -0.3 is 10.6 Å². The third-order valence-corrected chi connectivity index (χ3v) is 3.38. The summed E-state index contributed by atoms with van der Waals surface area (Å²) in [7, 11) is 0. The van der Waals surface area contributed by atoms with Crippen molar-refractivity contribution in [1.29, 1.82) is 0 Å². The van der Waals surface area contributed by atoms with Gasteiger partial charge in [0.05, 0.1) is 6.54 Å². The van der Waals surface area contributed by atoms with Gasteiger partial charge in [-0.2, -0.15) is 0 Å². The number of anilines is 1. The van der Waals surface area contributed by atoms with Gasteiger partial charge in [0.25, 0.3) is 0 Å². The number of hydrogen-bond acceptors (Lipinski definition) is 2. The molecule has 0 heterocycles. The lowest BCUT2D eigenvalue weighted by Crippen LogP contribution is -2.29. The van der Waals surface area contributed by atoms with Crippen LogP contribution in [0.4, 0.5) is 5.69 Å². The zero-order chi connectivity index (χ0) is 15.1. The highest BCUT2D eigenvalue weighted by Gasteiger charge is 2.02. The molecule has 21 heavy (non-hydrogen) atoms. The predicted octanol–water partition coefficient (Wildman–Crippen LogP) is 3.76. The molecule has 0 fully saturated rings. The summed E-state index contributed by atoms with van der Waals surface area (Å²) in [5, 5.41) is 7.22. The Kier molecular flexibility index (Phi) is 6.05. The smallest absolute Gasteiger partial charge is 0.238 e. The Bertz CT molecular complexity index is 599. The molecule has 0 spiro atoms. The van der Waals surface area contributed by atoms with E-state index in [9.17, 15) is 4.79 Å². The molecule has 0 aromatic heterocycles. The Hall–Kier alpha value is -1.55. The van der Waals surface area contributed by atoms with Gasteiger partial charge in [-0.15, -0.1) is 0 Å². The van der Waals surface area contributed by atoms with Crippen molar-refractivity contribution in [3.63, 3.8) is 0 Å². The number of halogens is 2. The van der Waals surface area contributed by atoms with Crippen molar-refractivity contribution in [1.82, 2.24) is 5.32 Å². The molecule has 2 N–H and O–H groups in total. The van der Waals surface area contributed by atoms with E-state index in [4.69, 9.17) is 23.2 Å². The molecule has 0 atom stereocenters. The molecule has 0 unspecified atom stereocenters. The topological polar surface area (TPSA) is 41.1 Å². The third kappa shape index (κ3) is 5.76. The Balaban J connectivity index is 1.68. The van der Waals surface area contributed by atoms with Gasteiger partial charge in [-0.25, -0.2) is 0 Å². The Morgan fingerprint density at radius 2 is 1.76 bits per heavy atom. The summed E-state index contributed by atoms with van der Waals surface area (Å²) >= 11 is 11.7. The maximum Gasteiger partial charge on any atom is 0.238 e. The normalized spacial score (nSPS) is 10.4. The van der Waals surface area contributed by atoms with Crippen LogP contribution in [0.3, 0.4) is 0 Å². The molecule has 0 radical (unpaired) electrons. The fraction of sp³-hybridized carbons (Fsp3) is 0.188. The highest BCUT2D eigenvalue weighted by molar-refractivity contribution is 6.31. The third-order valence-electron chi connectivity index (χ3n) is 2.90. The first-order valence-electron chi connectivity index (χ1n) is 6.64. The zero-order valence-electron chi connectivity index (χ0n) is 11.4. The van der Waals surface area contributed by atoms with E-state index in [2.05, 4.69) is 10.6 Å². The number of hydrogen-bond donors (Lipinski definition) is 2. The lowest BCUT2D eigenvalue weighted by atomic mass is 10.1. The summed E-state index contributed by atoms with van der Waals surface area (Å²) in [6.45, 7) is 0.991. The van der Waals surface area contributed by atoms with Gasteiger partial charge >= 0.3 is 0 Å². The van der Waals surface area contributed by atoms with Gasteiger partial charge in [-0.05, 0) is 48.9 Å². The van der Waals surface area contributed by atoms with Crippen molar-refractivity contribution in [2.75, 3.05) is 18.4 Å². The fourth-order valence-corrected chi connectivity index (χ4v) is 2.17. The molecule has 5 heteroatoms. The quantitative estimate of drug-likeness (QED) is 0.795. The molecule has 110 valence electrons. The van der Waals surface area contributed by atoms with Crippen molar-refractivity contribution < 1.29 is 4.79 Å². The van der Waals surface area contributed by atoms with Crippen LogP contribution in [0.1, 0.15) is 5.56 Å². The van der Waals surface area contributed by atoms with Crippen LogP contribution >= 0.6 is 23.2 Å². The maximum absolute atomic E-state index is 11.7. The Morgan fingerprint density at radius 3 is 2.48 bits per heavy atom. The van der Waals surface area contributed by atoms with Gasteiger partial charge in [0, 0.05) is 15.7 Å². The average molecular weight is 323 g/mol. The molecule has 2 aromatic carbocycles. The largest absolute Gasteiger partial charge is 0.325 e. The molecule has 2 aromatic rings. The maximum atomic E-state index is 11.7. The number of carbonyl (C=O) groups is 1. The number of amides is 1. The molecule has 1 amide bonds. The van der Waals surface area contributed by atoms with Gasteiger partial charge in [0.1, 0.15) is 0 Å². The van der Waals surface area contributed by atoms with Gasteiger partial charge in [-0.3, -0.25) is 4.79 Å². The summed E-state index contributed by atoms with van der Waals surface area (Å²) in [5.74, 6) is -0.0895. The second-order valence-corrected chi connectivity index (χ2v) is 5.48. The second kappa shape index (κ2) is 8.03. The zero-order valence-corrected chi connectivity index (χ0v) is 12.9. The van der Waals surface area contributed by atoms with Crippen molar-refractivity contribution >= 4 is 34.8 Å². The molecule has 0 saturated heterocycles. The van der Waals surface area contributed by atoms with Gasteiger partial charge in [-0.1, -0.05) is 41.4 Å². The molecule has 2 rings (SSSR count). The monoisotopic (exact) mass is 322 g/mol. The average Bonchev–Trinajstić information content (AvgIpc) is 2.45. The Morgan fingerprint density at radius 1 is 1.00 bits per heavy atom. The summed E-state index contributed by atoms with van der Waals surface area (Å²) in [4.78, 5) is 11.7. The number of benzene rings is 2. The minimum absolute atomic E-state index is 0.0895. The molecule has 0 aliphatic heterocycles. The van der Waals surface area contributed by atoms with Crippen LogP contribution in [0.15, 0.2) is 48.5 Å². The lowest BCUT2D eigenvalue weighted by Gasteiger charge is -2.07. The van der Waals surface area contributed by atoms with Gasteiger partial charge in [0.2, 0.25) is 5.91 Å². The minimum atomic E-state index is -0.0895. The first-order valence-corrected chi connectivity index (χ1v) is 7.39. The van der Waals surface area contributed by atoms with E-state index in [1.165, 1.54) is 5.56 Å². The number of carbonyl (C=O) groups excluding carboxylic acids is 1. The first-order chi connectivity index (χ1) is 10.1. The second-order valence-electron chi connectivity index (χ2n) is 4.61. The van der Waals surface area contributed by atoms with Crippen LogP contribution in [0, 0.1) is 0 Å². The van der Waals surface area contributed by atoms with Crippen LogP contribution in [-0.4, -0.2) is 19.0 Å². The molecule has 3 nitrogen and oxygen atoms in total. The lowest BCUT2D eigenvalue weighted by molar-refractivity contribution is -0.115.